The number of hydrogen-bond donors (Lipinski definition) is 1. The van der Waals surface area contributed by atoms with Crippen molar-refractivity contribution < 1.29 is 23.1 Å². The van der Waals surface area contributed by atoms with Gasteiger partial charge >= 0.3 is 0 Å². The van der Waals surface area contributed by atoms with Crippen LogP contribution < -0.4 is 4.74 Å². The number of amides is 1. The molecule has 1 aliphatic heterocycles. The standard InChI is InChI=1S/C25H33N3O5S/c1-17-14-28(18(2)16-29)34(31,32)24-8-7-21(19-9-11-26-12-10-19)13-22(24)33-23(17)15-27(3)25(30)20-5-4-6-20/h7-13,17-18,20,23,29H,4-6,14-16H2,1-3H3/t17-,18+,23-/m1/s1. The van der Waals surface area contributed by atoms with Crippen molar-refractivity contribution in [2.24, 2.45) is 11.8 Å². The lowest BCUT2D eigenvalue weighted by Gasteiger charge is -2.38. The highest BCUT2D eigenvalue weighted by Crippen LogP contribution is 2.37. The van der Waals surface area contributed by atoms with Gasteiger partial charge in [0.2, 0.25) is 15.9 Å². The number of fused-ring (bicyclic) bond motifs is 1. The zero-order chi connectivity index (χ0) is 24.5. The molecule has 0 radical (unpaired) electrons. The number of hydrogen-bond acceptors (Lipinski definition) is 6. The molecule has 2 heterocycles. The van der Waals surface area contributed by atoms with E-state index in [0.717, 1.165) is 30.4 Å². The summed E-state index contributed by atoms with van der Waals surface area (Å²) < 4.78 is 34.9. The third-order valence-corrected chi connectivity index (χ3v) is 8.98. The van der Waals surface area contributed by atoms with E-state index in [1.807, 2.05) is 19.1 Å². The number of sulfonamides is 1. The van der Waals surface area contributed by atoms with E-state index in [1.165, 1.54) is 4.31 Å². The largest absolute Gasteiger partial charge is 0.487 e. The summed E-state index contributed by atoms with van der Waals surface area (Å²) in [5, 5.41) is 9.79. The molecule has 2 aromatic rings. The van der Waals surface area contributed by atoms with Gasteiger partial charge in [-0.15, -0.1) is 0 Å². The van der Waals surface area contributed by atoms with Crippen LogP contribution in [0.3, 0.4) is 0 Å². The highest BCUT2D eigenvalue weighted by Gasteiger charge is 2.39. The lowest BCUT2D eigenvalue weighted by molar-refractivity contribution is -0.138. The van der Waals surface area contributed by atoms with Crippen molar-refractivity contribution in [2.45, 2.75) is 50.2 Å². The Hall–Kier alpha value is -2.49. The third kappa shape index (κ3) is 4.82. The van der Waals surface area contributed by atoms with Crippen LogP contribution in [0.5, 0.6) is 5.75 Å². The number of aliphatic hydroxyl groups is 1. The van der Waals surface area contributed by atoms with E-state index in [-0.39, 0.29) is 41.5 Å². The van der Waals surface area contributed by atoms with E-state index in [9.17, 15) is 18.3 Å². The summed E-state index contributed by atoms with van der Waals surface area (Å²) in [4.78, 5) is 18.6. The average molecular weight is 488 g/mol. The first kappa shape index (κ1) is 24.6. The van der Waals surface area contributed by atoms with Crippen LogP contribution in [0, 0.1) is 11.8 Å². The van der Waals surface area contributed by atoms with Crippen molar-refractivity contribution in [3.8, 4) is 16.9 Å². The van der Waals surface area contributed by atoms with Gasteiger partial charge in [0.25, 0.3) is 0 Å². The number of pyridine rings is 1. The normalized spacial score (nSPS) is 23.5. The maximum Gasteiger partial charge on any atom is 0.247 e. The summed E-state index contributed by atoms with van der Waals surface area (Å²) in [6.07, 6.45) is 5.87. The number of benzene rings is 1. The molecule has 8 nitrogen and oxygen atoms in total. The van der Waals surface area contributed by atoms with Crippen LogP contribution in [0.2, 0.25) is 0 Å². The first-order valence-corrected chi connectivity index (χ1v) is 13.2. The highest BCUT2D eigenvalue weighted by molar-refractivity contribution is 7.89. The van der Waals surface area contributed by atoms with E-state index in [1.54, 1.807) is 49.5 Å². The predicted molar refractivity (Wildman–Crippen MR) is 129 cm³/mol. The van der Waals surface area contributed by atoms with Gasteiger partial charge in [0.05, 0.1) is 13.2 Å². The van der Waals surface area contributed by atoms with Crippen molar-refractivity contribution in [1.29, 1.82) is 0 Å². The van der Waals surface area contributed by atoms with Gasteiger partial charge in [-0.05, 0) is 55.2 Å². The van der Waals surface area contributed by atoms with Crippen LogP contribution >= 0.6 is 0 Å². The molecule has 1 aliphatic carbocycles. The molecule has 1 aromatic heterocycles. The molecule has 0 unspecified atom stereocenters. The molecular weight excluding hydrogens is 454 g/mol. The van der Waals surface area contributed by atoms with Crippen LogP contribution in [0.15, 0.2) is 47.6 Å². The Kier molecular flexibility index (Phi) is 7.25. The number of aromatic nitrogens is 1. The molecule has 1 N–H and O–H groups in total. The number of ether oxygens (including phenoxy) is 1. The molecule has 184 valence electrons. The molecule has 0 saturated heterocycles. The Morgan fingerprint density at radius 1 is 1.24 bits per heavy atom. The van der Waals surface area contributed by atoms with Gasteiger partial charge in [-0.2, -0.15) is 4.31 Å². The SMILES string of the molecule is C[C@@H]1CN([C@@H](C)CO)S(=O)(=O)c2ccc(-c3ccncc3)cc2O[C@@H]1CN(C)C(=O)C1CCC1. The molecule has 4 rings (SSSR count). The first-order chi connectivity index (χ1) is 16.2. The second-order valence-corrected chi connectivity index (χ2v) is 11.3. The Morgan fingerprint density at radius 2 is 1.94 bits per heavy atom. The van der Waals surface area contributed by atoms with Gasteiger partial charge in [0.1, 0.15) is 16.7 Å². The lowest BCUT2D eigenvalue weighted by Crippen LogP contribution is -2.50. The van der Waals surface area contributed by atoms with Gasteiger partial charge in [0, 0.05) is 43.9 Å². The van der Waals surface area contributed by atoms with Crippen LogP contribution in [-0.2, 0) is 14.8 Å². The molecule has 1 amide bonds. The Morgan fingerprint density at radius 3 is 2.56 bits per heavy atom. The van der Waals surface area contributed by atoms with Gasteiger partial charge in [-0.25, -0.2) is 8.42 Å². The highest BCUT2D eigenvalue weighted by atomic mass is 32.2. The fourth-order valence-electron chi connectivity index (χ4n) is 4.49. The molecular formula is C25H33N3O5S. The first-order valence-electron chi connectivity index (χ1n) is 11.8. The molecule has 0 spiro atoms. The summed E-state index contributed by atoms with van der Waals surface area (Å²) in [6.45, 7) is 3.88. The minimum Gasteiger partial charge on any atom is -0.487 e. The van der Waals surface area contributed by atoms with Crippen LogP contribution in [0.4, 0.5) is 0 Å². The number of carbonyl (C=O) groups is 1. The number of likely N-dealkylation sites (N-methyl/N-ethyl adjacent to an activating group) is 1. The minimum atomic E-state index is -3.91. The maximum atomic E-state index is 13.6. The quantitative estimate of drug-likeness (QED) is 0.673. The lowest BCUT2D eigenvalue weighted by atomic mass is 9.84. The molecule has 3 atom stereocenters. The van der Waals surface area contributed by atoms with Gasteiger partial charge < -0.3 is 14.7 Å². The monoisotopic (exact) mass is 487 g/mol. The zero-order valence-electron chi connectivity index (χ0n) is 19.9. The molecule has 0 bridgehead atoms. The fraction of sp³-hybridized carbons (Fsp3) is 0.520. The Labute approximate surface area is 201 Å². The molecule has 1 fully saturated rings. The van der Waals surface area contributed by atoms with Crippen LogP contribution in [-0.4, -0.2) is 72.5 Å². The number of aliphatic hydroxyl groups excluding tert-OH is 1. The summed E-state index contributed by atoms with van der Waals surface area (Å²) in [5.41, 5.74) is 1.70. The van der Waals surface area contributed by atoms with Crippen molar-refractivity contribution in [1.82, 2.24) is 14.2 Å². The van der Waals surface area contributed by atoms with E-state index in [4.69, 9.17) is 4.74 Å². The van der Waals surface area contributed by atoms with Crippen LogP contribution in [0.1, 0.15) is 33.1 Å². The molecule has 9 heteroatoms. The summed E-state index contributed by atoms with van der Waals surface area (Å²) in [6, 6.07) is 8.17. The summed E-state index contributed by atoms with van der Waals surface area (Å²) >= 11 is 0. The van der Waals surface area contributed by atoms with Crippen molar-refractivity contribution in [3.63, 3.8) is 0 Å². The minimum absolute atomic E-state index is 0.0653. The van der Waals surface area contributed by atoms with Gasteiger partial charge in [-0.3, -0.25) is 9.78 Å². The van der Waals surface area contributed by atoms with E-state index in [2.05, 4.69) is 4.98 Å². The zero-order valence-corrected chi connectivity index (χ0v) is 20.7. The fourth-order valence-corrected chi connectivity index (χ4v) is 6.32. The topological polar surface area (TPSA) is 100 Å². The van der Waals surface area contributed by atoms with E-state index in [0.29, 0.717) is 6.54 Å². The second-order valence-electron chi connectivity index (χ2n) is 9.48. The van der Waals surface area contributed by atoms with Gasteiger partial charge in [0.15, 0.2) is 0 Å². The molecule has 34 heavy (non-hydrogen) atoms. The van der Waals surface area contributed by atoms with E-state index < -0.39 is 22.2 Å². The van der Waals surface area contributed by atoms with Gasteiger partial charge in [-0.1, -0.05) is 19.4 Å². The summed E-state index contributed by atoms with van der Waals surface area (Å²) in [5.74, 6) is 0.234. The molecule has 1 aromatic carbocycles. The van der Waals surface area contributed by atoms with Crippen LogP contribution in [0.25, 0.3) is 11.1 Å². The number of rotatable bonds is 6. The third-order valence-electron chi connectivity index (χ3n) is 6.97. The molecule has 1 saturated carbocycles. The van der Waals surface area contributed by atoms with Crippen molar-refractivity contribution in [2.75, 3.05) is 26.7 Å². The van der Waals surface area contributed by atoms with E-state index >= 15 is 0 Å². The maximum absolute atomic E-state index is 13.6. The second kappa shape index (κ2) is 10.0. The van der Waals surface area contributed by atoms with Crippen molar-refractivity contribution in [3.05, 3.63) is 42.7 Å². The number of carbonyl (C=O) groups excluding carboxylic acids is 1. The smallest absolute Gasteiger partial charge is 0.247 e. The van der Waals surface area contributed by atoms with Crippen molar-refractivity contribution >= 4 is 15.9 Å². The number of nitrogens with zero attached hydrogens (tertiary/aromatic N) is 3. The Balaban J connectivity index is 1.74. The summed E-state index contributed by atoms with van der Waals surface area (Å²) in [7, 11) is -2.12. The molecule has 2 aliphatic rings. The average Bonchev–Trinajstić information content (AvgIpc) is 2.79. The predicted octanol–water partition coefficient (Wildman–Crippen LogP) is 2.78. The Bertz CT molecular complexity index is 1120.